The quantitative estimate of drug-likeness (QED) is 0.398. The molecule has 0 spiro atoms. The number of imidazole rings is 1. The molecule has 0 radical (unpaired) electrons. The molecule has 5 rings (SSSR count). The van der Waals surface area contributed by atoms with Crippen LogP contribution in [-0.2, 0) is 12.7 Å². The van der Waals surface area contributed by atoms with Crippen LogP contribution in [0.5, 0.6) is 0 Å². The number of nitrogens with zero attached hydrogens (tertiary/aromatic N) is 6. The highest BCUT2D eigenvalue weighted by Gasteiger charge is 2.30. The molecular weight excluding hydrogens is 455 g/mol. The van der Waals surface area contributed by atoms with Crippen LogP contribution in [0.1, 0.15) is 43.1 Å². The fraction of sp³-hybridized carbons (Fsp3) is 0.320. The SMILES string of the molecule is CC(Nc1nc(C#N)nc2nc(-c3ccccn3)n(Cc3ccc(C(F)(F)F)cc3)c12)C1CCC1. The van der Waals surface area contributed by atoms with E-state index in [1.165, 1.54) is 18.6 Å². The lowest BCUT2D eigenvalue weighted by atomic mass is 9.80. The van der Waals surface area contributed by atoms with Gasteiger partial charge in [0.25, 0.3) is 0 Å². The van der Waals surface area contributed by atoms with Gasteiger partial charge in [-0.15, -0.1) is 0 Å². The molecule has 178 valence electrons. The number of aromatic nitrogens is 5. The maximum absolute atomic E-state index is 13.1. The summed E-state index contributed by atoms with van der Waals surface area (Å²) in [6.07, 6.45) is 0.668. The Morgan fingerprint density at radius 3 is 2.49 bits per heavy atom. The van der Waals surface area contributed by atoms with Crippen LogP contribution in [0, 0.1) is 17.2 Å². The first-order valence-corrected chi connectivity index (χ1v) is 11.4. The maximum Gasteiger partial charge on any atom is 0.416 e. The van der Waals surface area contributed by atoms with E-state index in [1.807, 2.05) is 16.7 Å². The molecule has 35 heavy (non-hydrogen) atoms. The summed E-state index contributed by atoms with van der Waals surface area (Å²) < 4.78 is 41.0. The molecule has 1 aliphatic rings. The monoisotopic (exact) mass is 477 g/mol. The summed E-state index contributed by atoms with van der Waals surface area (Å²) in [6, 6.07) is 12.6. The van der Waals surface area contributed by atoms with Gasteiger partial charge >= 0.3 is 6.18 Å². The number of nitrogens with one attached hydrogen (secondary N) is 1. The molecular formula is C25H22F3N7. The smallest absolute Gasteiger partial charge is 0.365 e. The van der Waals surface area contributed by atoms with Crippen molar-refractivity contribution in [2.24, 2.45) is 5.92 Å². The predicted octanol–water partition coefficient (Wildman–Crippen LogP) is 5.43. The predicted molar refractivity (Wildman–Crippen MR) is 124 cm³/mol. The molecule has 1 unspecified atom stereocenters. The second kappa shape index (κ2) is 8.98. The minimum absolute atomic E-state index is 0.00689. The molecule has 1 fully saturated rings. The number of halogens is 3. The van der Waals surface area contributed by atoms with Crippen LogP contribution in [0.3, 0.4) is 0 Å². The van der Waals surface area contributed by atoms with Gasteiger partial charge < -0.3 is 9.88 Å². The van der Waals surface area contributed by atoms with Gasteiger partial charge in [-0.1, -0.05) is 24.6 Å². The minimum Gasteiger partial charge on any atom is -0.365 e. The van der Waals surface area contributed by atoms with Crippen molar-refractivity contribution in [2.45, 2.75) is 44.9 Å². The number of alkyl halides is 3. The van der Waals surface area contributed by atoms with Gasteiger partial charge in [-0.25, -0.2) is 4.98 Å². The second-order valence-corrected chi connectivity index (χ2v) is 8.74. The standard InChI is InChI=1S/C25H22F3N7/c1-15(17-5-4-6-17)31-22-21-23(33-20(13-29)32-22)34-24(19-7-2-3-12-30-19)35(21)14-16-8-10-18(11-9-16)25(26,27)28/h2-3,7-12,15,17H,4-6,14H2,1H3,(H,31,32,33). The molecule has 0 bridgehead atoms. The Balaban J connectivity index is 1.65. The van der Waals surface area contributed by atoms with E-state index in [4.69, 9.17) is 0 Å². The van der Waals surface area contributed by atoms with Crippen LogP contribution < -0.4 is 5.32 Å². The van der Waals surface area contributed by atoms with E-state index in [0.29, 0.717) is 40.0 Å². The fourth-order valence-electron chi connectivity index (χ4n) is 4.29. The molecule has 4 aromatic rings. The Morgan fingerprint density at radius 2 is 1.89 bits per heavy atom. The highest BCUT2D eigenvalue weighted by atomic mass is 19.4. The molecule has 1 atom stereocenters. The second-order valence-electron chi connectivity index (χ2n) is 8.74. The number of nitriles is 1. The van der Waals surface area contributed by atoms with Crippen molar-refractivity contribution in [3.05, 3.63) is 65.6 Å². The van der Waals surface area contributed by atoms with Gasteiger partial charge in [0, 0.05) is 18.8 Å². The zero-order valence-corrected chi connectivity index (χ0v) is 18.9. The summed E-state index contributed by atoms with van der Waals surface area (Å²) in [7, 11) is 0. The Kier molecular flexibility index (Phi) is 5.84. The molecule has 3 aromatic heterocycles. The number of benzene rings is 1. The van der Waals surface area contributed by atoms with Gasteiger partial charge in [0.1, 0.15) is 17.3 Å². The number of fused-ring (bicyclic) bond motifs is 1. The van der Waals surface area contributed by atoms with E-state index in [2.05, 4.69) is 32.2 Å². The first-order chi connectivity index (χ1) is 16.8. The molecule has 1 saturated carbocycles. The molecule has 0 aliphatic heterocycles. The van der Waals surface area contributed by atoms with Crippen LogP contribution in [0.15, 0.2) is 48.7 Å². The number of hydrogen-bond donors (Lipinski definition) is 1. The summed E-state index contributed by atoms with van der Waals surface area (Å²) in [4.78, 5) is 17.8. The van der Waals surface area contributed by atoms with Gasteiger partial charge in [-0.05, 0) is 55.5 Å². The van der Waals surface area contributed by atoms with Crippen molar-refractivity contribution in [1.82, 2.24) is 24.5 Å². The summed E-state index contributed by atoms with van der Waals surface area (Å²) >= 11 is 0. The van der Waals surface area contributed by atoms with E-state index < -0.39 is 11.7 Å². The van der Waals surface area contributed by atoms with Crippen molar-refractivity contribution in [1.29, 1.82) is 5.26 Å². The van der Waals surface area contributed by atoms with Crippen molar-refractivity contribution < 1.29 is 13.2 Å². The first-order valence-electron chi connectivity index (χ1n) is 11.4. The number of hydrogen-bond acceptors (Lipinski definition) is 6. The molecule has 3 heterocycles. The molecule has 0 amide bonds. The third-order valence-electron chi connectivity index (χ3n) is 6.44. The summed E-state index contributed by atoms with van der Waals surface area (Å²) in [6.45, 7) is 2.31. The van der Waals surface area contributed by atoms with E-state index in [0.717, 1.165) is 25.0 Å². The maximum atomic E-state index is 13.1. The molecule has 1 aliphatic carbocycles. The van der Waals surface area contributed by atoms with Crippen molar-refractivity contribution in [3.8, 4) is 17.6 Å². The molecule has 1 N–H and O–H groups in total. The normalized spacial score (nSPS) is 14.9. The first kappa shape index (κ1) is 22.8. The lowest BCUT2D eigenvalue weighted by Gasteiger charge is -2.32. The third kappa shape index (κ3) is 4.54. The summed E-state index contributed by atoms with van der Waals surface area (Å²) in [5, 5.41) is 12.9. The Labute approximate surface area is 199 Å². The largest absolute Gasteiger partial charge is 0.416 e. The van der Waals surface area contributed by atoms with E-state index in [1.54, 1.807) is 18.3 Å². The van der Waals surface area contributed by atoms with Gasteiger partial charge in [-0.2, -0.15) is 28.4 Å². The molecule has 1 aromatic carbocycles. The Bertz CT molecular complexity index is 1390. The van der Waals surface area contributed by atoms with Crippen molar-refractivity contribution in [2.75, 3.05) is 5.32 Å². The lowest BCUT2D eigenvalue weighted by molar-refractivity contribution is -0.137. The molecule has 10 heteroatoms. The van der Waals surface area contributed by atoms with Gasteiger partial charge in [0.2, 0.25) is 5.82 Å². The average molecular weight is 477 g/mol. The highest BCUT2D eigenvalue weighted by molar-refractivity contribution is 5.87. The van der Waals surface area contributed by atoms with Gasteiger partial charge in [-0.3, -0.25) is 4.98 Å². The molecule has 0 saturated heterocycles. The number of rotatable bonds is 6. The summed E-state index contributed by atoms with van der Waals surface area (Å²) in [5.41, 5.74) is 1.43. The fourth-order valence-corrected chi connectivity index (χ4v) is 4.29. The van der Waals surface area contributed by atoms with Crippen LogP contribution in [0.25, 0.3) is 22.7 Å². The van der Waals surface area contributed by atoms with Crippen LogP contribution >= 0.6 is 0 Å². The minimum atomic E-state index is -4.41. The number of anilines is 1. The zero-order valence-electron chi connectivity index (χ0n) is 18.9. The van der Waals surface area contributed by atoms with E-state index in [9.17, 15) is 18.4 Å². The van der Waals surface area contributed by atoms with Crippen LogP contribution in [-0.4, -0.2) is 30.5 Å². The Hall–Kier alpha value is -4.00. The lowest BCUT2D eigenvalue weighted by Crippen LogP contribution is -2.31. The zero-order chi connectivity index (χ0) is 24.6. The van der Waals surface area contributed by atoms with Gasteiger partial charge in [0.15, 0.2) is 17.3 Å². The van der Waals surface area contributed by atoms with Crippen molar-refractivity contribution in [3.63, 3.8) is 0 Å². The third-order valence-corrected chi connectivity index (χ3v) is 6.44. The molecule has 7 nitrogen and oxygen atoms in total. The van der Waals surface area contributed by atoms with Crippen molar-refractivity contribution >= 4 is 17.0 Å². The number of pyridine rings is 1. The highest BCUT2D eigenvalue weighted by Crippen LogP contribution is 2.34. The average Bonchev–Trinajstić information content (AvgIpc) is 3.16. The van der Waals surface area contributed by atoms with E-state index in [-0.39, 0.29) is 18.4 Å². The van der Waals surface area contributed by atoms with Crippen LogP contribution in [0.2, 0.25) is 0 Å². The van der Waals surface area contributed by atoms with E-state index >= 15 is 0 Å². The Morgan fingerprint density at radius 1 is 1.11 bits per heavy atom. The van der Waals surface area contributed by atoms with Gasteiger partial charge in [0.05, 0.1) is 5.56 Å². The summed E-state index contributed by atoms with van der Waals surface area (Å²) in [5.74, 6) is 1.47. The topological polar surface area (TPSA) is 92.3 Å². The van der Waals surface area contributed by atoms with Crippen LogP contribution in [0.4, 0.5) is 19.0 Å².